The Morgan fingerprint density at radius 3 is 2.42 bits per heavy atom. The van der Waals surface area contributed by atoms with Gasteiger partial charge in [-0.25, -0.2) is 4.79 Å². The summed E-state index contributed by atoms with van der Waals surface area (Å²) in [5, 5.41) is -0.739. The summed E-state index contributed by atoms with van der Waals surface area (Å²) in [6.07, 6.45) is -4.52. The molecule has 0 saturated carbocycles. The number of hydrogen-bond donors (Lipinski definition) is 2. The van der Waals surface area contributed by atoms with Crippen molar-refractivity contribution in [1.29, 1.82) is 0 Å². The molecule has 0 radical (unpaired) electrons. The highest BCUT2D eigenvalue weighted by molar-refractivity contribution is 6.33. The van der Waals surface area contributed by atoms with E-state index in [1.165, 1.54) is 0 Å². The highest BCUT2D eigenvalue weighted by Gasteiger charge is 2.35. The molecule has 1 heterocycles. The molecule has 2 N–H and O–H groups in total. The average molecular weight is 293 g/mol. The second-order valence-corrected chi connectivity index (χ2v) is 4.28. The Balaban J connectivity index is 3.04. The molecule has 102 valence electrons. The average Bonchev–Trinajstić information content (AvgIpc) is 2.26. The molecule has 19 heavy (non-hydrogen) atoms. The fraction of sp³-hybridized carbons (Fsp3) is 0.273. The van der Waals surface area contributed by atoms with Crippen LogP contribution in [0.5, 0.6) is 0 Å². The molecule has 1 aromatic carbocycles. The van der Waals surface area contributed by atoms with Gasteiger partial charge in [-0.2, -0.15) is 13.2 Å². The minimum absolute atomic E-state index is 0.0363. The molecule has 2 rings (SSSR count). The van der Waals surface area contributed by atoms with E-state index in [1.807, 2.05) is 4.98 Å². The number of rotatable bonds is 1. The lowest BCUT2D eigenvalue weighted by Crippen LogP contribution is -2.23. The van der Waals surface area contributed by atoms with E-state index in [0.717, 1.165) is 0 Å². The smallest absolute Gasteiger partial charge is 0.307 e. The largest absolute Gasteiger partial charge is 0.417 e. The number of aromatic amines is 2. The van der Waals surface area contributed by atoms with E-state index in [1.54, 1.807) is 6.92 Å². The zero-order chi connectivity index (χ0) is 14.4. The number of aryl methyl sites for hydroxylation is 1. The molecule has 1 aromatic heterocycles. The van der Waals surface area contributed by atoms with Crippen LogP contribution < -0.4 is 11.2 Å². The molecule has 0 bridgehead atoms. The van der Waals surface area contributed by atoms with Crippen molar-refractivity contribution in [1.82, 2.24) is 9.97 Å². The summed E-state index contributed by atoms with van der Waals surface area (Å²) in [5.74, 6) is 0. The molecule has 2 aromatic rings. The van der Waals surface area contributed by atoms with Crippen LogP contribution in [-0.4, -0.2) is 9.97 Å². The number of alkyl halides is 3. The molecule has 4 nitrogen and oxygen atoms in total. The standard InChI is InChI=1S/C11H8ClF3N2O2/c1-2-4-7(12)6(11(13,14)15)3-5-8(4)16-10(19)17-9(5)18/h3H,2H2,1H3,(H2,16,17,18,19). The first-order chi connectivity index (χ1) is 8.75. The van der Waals surface area contributed by atoms with Crippen LogP contribution >= 0.6 is 11.6 Å². The van der Waals surface area contributed by atoms with Gasteiger partial charge in [0.15, 0.2) is 0 Å². The van der Waals surface area contributed by atoms with Crippen LogP contribution in [0.15, 0.2) is 15.7 Å². The normalized spacial score (nSPS) is 12.1. The fourth-order valence-electron chi connectivity index (χ4n) is 1.89. The van der Waals surface area contributed by atoms with E-state index in [4.69, 9.17) is 11.6 Å². The Hall–Kier alpha value is -1.76. The van der Waals surface area contributed by atoms with Crippen LogP contribution in [0.1, 0.15) is 18.1 Å². The second kappa shape index (κ2) is 4.41. The maximum Gasteiger partial charge on any atom is 0.417 e. The Morgan fingerprint density at radius 1 is 1.26 bits per heavy atom. The summed E-state index contributed by atoms with van der Waals surface area (Å²) in [6.45, 7) is 1.58. The molecule has 0 fully saturated rings. The summed E-state index contributed by atoms with van der Waals surface area (Å²) in [6, 6.07) is 0.644. The van der Waals surface area contributed by atoms with E-state index in [-0.39, 0.29) is 22.9 Å². The van der Waals surface area contributed by atoms with Crippen molar-refractivity contribution >= 4 is 22.5 Å². The van der Waals surface area contributed by atoms with Crippen molar-refractivity contribution in [2.24, 2.45) is 0 Å². The Bertz CT molecular complexity index is 761. The van der Waals surface area contributed by atoms with Gasteiger partial charge in [-0.15, -0.1) is 0 Å². The predicted molar refractivity (Wildman–Crippen MR) is 64.6 cm³/mol. The van der Waals surface area contributed by atoms with Gasteiger partial charge < -0.3 is 4.98 Å². The molecule has 0 spiro atoms. The summed E-state index contributed by atoms with van der Waals surface area (Å²) in [7, 11) is 0. The molecule has 0 aliphatic heterocycles. The maximum atomic E-state index is 12.8. The zero-order valence-electron chi connectivity index (χ0n) is 9.61. The van der Waals surface area contributed by atoms with E-state index in [2.05, 4.69) is 4.98 Å². The Labute approximate surface area is 109 Å². The van der Waals surface area contributed by atoms with Crippen molar-refractivity contribution in [3.05, 3.63) is 43.1 Å². The topological polar surface area (TPSA) is 65.7 Å². The maximum absolute atomic E-state index is 12.8. The number of hydrogen-bond acceptors (Lipinski definition) is 2. The molecule has 0 amide bonds. The van der Waals surface area contributed by atoms with Gasteiger partial charge in [-0.05, 0) is 18.1 Å². The molecule has 0 saturated heterocycles. The van der Waals surface area contributed by atoms with Gasteiger partial charge in [-0.3, -0.25) is 9.78 Å². The highest BCUT2D eigenvalue weighted by atomic mass is 35.5. The molecule has 8 heteroatoms. The summed E-state index contributed by atoms with van der Waals surface area (Å²) >= 11 is 5.72. The highest BCUT2D eigenvalue weighted by Crippen LogP contribution is 2.38. The van der Waals surface area contributed by atoms with Gasteiger partial charge in [0.2, 0.25) is 0 Å². The predicted octanol–water partition coefficient (Wildman–Crippen LogP) is 2.45. The second-order valence-electron chi connectivity index (χ2n) is 3.90. The number of aromatic nitrogens is 2. The lowest BCUT2D eigenvalue weighted by atomic mass is 10.0. The Morgan fingerprint density at radius 2 is 1.89 bits per heavy atom. The molecule has 0 aliphatic carbocycles. The third-order valence-corrected chi connectivity index (χ3v) is 3.16. The molecule has 0 aliphatic rings. The van der Waals surface area contributed by atoms with Gasteiger partial charge in [0.1, 0.15) is 0 Å². The monoisotopic (exact) mass is 292 g/mol. The first kappa shape index (κ1) is 13.7. The number of H-pyrrole nitrogens is 2. The van der Waals surface area contributed by atoms with Crippen molar-refractivity contribution in [3.8, 4) is 0 Å². The fourth-order valence-corrected chi connectivity index (χ4v) is 2.28. The minimum Gasteiger partial charge on any atom is -0.307 e. The minimum atomic E-state index is -4.67. The third kappa shape index (κ3) is 2.25. The Kier molecular flexibility index (Phi) is 3.17. The molecular formula is C11H8ClF3N2O2. The van der Waals surface area contributed by atoms with Crippen LogP contribution in [-0.2, 0) is 12.6 Å². The number of nitrogens with one attached hydrogen (secondary N) is 2. The first-order valence-electron chi connectivity index (χ1n) is 5.30. The van der Waals surface area contributed by atoms with Crippen LogP contribution in [0.2, 0.25) is 5.02 Å². The first-order valence-corrected chi connectivity index (χ1v) is 5.68. The number of benzene rings is 1. The van der Waals surface area contributed by atoms with E-state index < -0.39 is 28.0 Å². The lowest BCUT2D eigenvalue weighted by Gasteiger charge is -2.14. The summed E-state index contributed by atoms with van der Waals surface area (Å²) in [5.41, 5.74) is -2.63. The van der Waals surface area contributed by atoms with Gasteiger partial charge in [0.25, 0.3) is 5.56 Å². The van der Waals surface area contributed by atoms with Gasteiger partial charge in [0.05, 0.1) is 21.5 Å². The van der Waals surface area contributed by atoms with Crippen molar-refractivity contribution in [3.63, 3.8) is 0 Å². The number of fused-ring (bicyclic) bond motifs is 1. The van der Waals surface area contributed by atoms with Gasteiger partial charge >= 0.3 is 11.9 Å². The van der Waals surface area contributed by atoms with Crippen LogP contribution in [0.3, 0.4) is 0 Å². The van der Waals surface area contributed by atoms with Crippen molar-refractivity contribution in [2.75, 3.05) is 0 Å². The zero-order valence-corrected chi connectivity index (χ0v) is 10.4. The quantitative estimate of drug-likeness (QED) is 0.848. The van der Waals surface area contributed by atoms with Crippen molar-refractivity contribution in [2.45, 2.75) is 19.5 Å². The van der Waals surface area contributed by atoms with E-state index in [0.29, 0.717) is 6.07 Å². The lowest BCUT2D eigenvalue weighted by molar-refractivity contribution is -0.137. The molecule has 0 unspecified atom stereocenters. The summed E-state index contributed by atoms with van der Waals surface area (Å²) < 4.78 is 38.5. The molecule has 0 atom stereocenters. The molecular weight excluding hydrogens is 285 g/mol. The third-order valence-electron chi connectivity index (χ3n) is 2.73. The van der Waals surface area contributed by atoms with E-state index in [9.17, 15) is 22.8 Å². The van der Waals surface area contributed by atoms with Crippen LogP contribution in [0, 0.1) is 0 Å². The van der Waals surface area contributed by atoms with E-state index >= 15 is 0 Å². The van der Waals surface area contributed by atoms with Gasteiger partial charge in [-0.1, -0.05) is 18.5 Å². The van der Waals surface area contributed by atoms with Crippen LogP contribution in [0.4, 0.5) is 13.2 Å². The SMILES string of the molecule is CCc1c(Cl)c(C(F)(F)F)cc2c(=O)[nH]c(=O)[nH]c12. The number of halogens is 4. The van der Waals surface area contributed by atoms with Gasteiger partial charge in [0, 0.05) is 0 Å². The van der Waals surface area contributed by atoms with Crippen LogP contribution in [0.25, 0.3) is 10.9 Å². The summed E-state index contributed by atoms with van der Waals surface area (Å²) in [4.78, 5) is 27.0. The van der Waals surface area contributed by atoms with Crippen molar-refractivity contribution < 1.29 is 13.2 Å².